The van der Waals surface area contributed by atoms with Crippen LogP contribution in [-0.4, -0.2) is 12.1 Å². The standard InChI is InChI=1S/C9H19N/c1-3-6-9(4-2)7-5-8-10-9/h10H,3-8H2,1-2H3/t9-/m1/s1. The van der Waals surface area contributed by atoms with Crippen molar-refractivity contribution >= 4 is 0 Å². The molecule has 1 N–H and O–H groups in total. The van der Waals surface area contributed by atoms with Crippen LogP contribution in [0.25, 0.3) is 0 Å². The minimum absolute atomic E-state index is 0.536. The molecule has 1 aliphatic rings. The molecule has 0 aromatic heterocycles. The van der Waals surface area contributed by atoms with Crippen molar-refractivity contribution in [1.82, 2.24) is 5.32 Å². The lowest BCUT2D eigenvalue weighted by Crippen LogP contribution is -2.38. The van der Waals surface area contributed by atoms with E-state index in [1.165, 1.54) is 38.6 Å². The average Bonchev–Trinajstić information content (AvgIpc) is 2.39. The molecule has 1 aliphatic heterocycles. The van der Waals surface area contributed by atoms with Gasteiger partial charge in [-0.3, -0.25) is 0 Å². The molecule has 1 rings (SSSR count). The van der Waals surface area contributed by atoms with Crippen LogP contribution in [-0.2, 0) is 0 Å². The number of hydrogen-bond donors (Lipinski definition) is 1. The molecule has 0 saturated carbocycles. The highest BCUT2D eigenvalue weighted by atomic mass is 15.0. The Morgan fingerprint density at radius 1 is 1.40 bits per heavy atom. The Balaban J connectivity index is 2.41. The largest absolute Gasteiger partial charge is 0.311 e. The van der Waals surface area contributed by atoms with E-state index < -0.39 is 0 Å². The summed E-state index contributed by atoms with van der Waals surface area (Å²) >= 11 is 0. The van der Waals surface area contributed by atoms with Crippen LogP contribution in [0.15, 0.2) is 0 Å². The van der Waals surface area contributed by atoms with Gasteiger partial charge in [0, 0.05) is 5.54 Å². The molecule has 1 fully saturated rings. The van der Waals surface area contributed by atoms with Crippen molar-refractivity contribution in [3.05, 3.63) is 0 Å². The molecular formula is C9H19N. The van der Waals surface area contributed by atoms with Gasteiger partial charge in [0.05, 0.1) is 0 Å². The Hall–Kier alpha value is -0.0400. The summed E-state index contributed by atoms with van der Waals surface area (Å²) in [6.45, 7) is 5.82. The topological polar surface area (TPSA) is 12.0 Å². The molecule has 0 aliphatic carbocycles. The zero-order valence-electron chi connectivity index (χ0n) is 7.24. The zero-order chi connectivity index (χ0) is 7.45. The van der Waals surface area contributed by atoms with E-state index in [-0.39, 0.29) is 0 Å². The van der Waals surface area contributed by atoms with E-state index in [9.17, 15) is 0 Å². The summed E-state index contributed by atoms with van der Waals surface area (Å²) in [5.41, 5.74) is 0.536. The fourth-order valence-corrected chi connectivity index (χ4v) is 2.04. The first-order valence-electron chi connectivity index (χ1n) is 4.58. The summed E-state index contributed by atoms with van der Waals surface area (Å²) in [5, 5.41) is 3.62. The Kier molecular flexibility index (Phi) is 2.72. The third-order valence-electron chi connectivity index (χ3n) is 2.74. The van der Waals surface area contributed by atoms with Gasteiger partial charge >= 0.3 is 0 Å². The molecular weight excluding hydrogens is 122 g/mol. The van der Waals surface area contributed by atoms with Crippen LogP contribution >= 0.6 is 0 Å². The molecule has 0 aromatic rings. The maximum atomic E-state index is 3.62. The predicted octanol–water partition coefficient (Wildman–Crippen LogP) is 2.32. The molecule has 1 heterocycles. The first-order valence-corrected chi connectivity index (χ1v) is 4.58. The molecule has 0 amide bonds. The van der Waals surface area contributed by atoms with Gasteiger partial charge in [-0.2, -0.15) is 0 Å². The lowest BCUT2D eigenvalue weighted by molar-refractivity contribution is 0.333. The molecule has 1 heteroatoms. The van der Waals surface area contributed by atoms with E-state index in [2.05, 4.69) is 19.2 Å². The Labute approximate surface area is 64.2 Å². The van der Waals surface area contributed by atoms with E-state index in [4.69, 9.17) is 0 Å². The molecule has 10 heavy (non-hydrogen) atoms. The van der Waals surface area contributed by atoms with Gasteiger partial charge in [-0.1, -0.05) is 20.3 Å². The monoisotopic (exact) mass is 141 g/mol. The zero-order valence-corrected chi connectivity index (χ0v) is 7.24. The normalized spacial score (nSPS) is 33.0. The second-order valence-corrected chi connectivity index (χ2v) is 3.41. The summed E-state index contributed by atoms with van der Waals surface area (Å²) in [6, 6.07) is 0. The summed E-state index contributed by atoms with van der Waals surface area (Å²) in [5.74, 6) is 0. The fraction of sp³-hybridized carbons (Fsp3) is 1.00. The first kappa shape index (κ1) is 8.06. The van der Waals surface area contributed by atoms with Crippen LogP contribution in [0.5, 0.6) is 0 Å². The van der Waals surface area contributed by atoms with E-state index >= 15 is 0 Å². The fourth-order valence-electron chi connectivity index (χ4n) is 2.04. The molecule has 0 radical (unpaired) electrons. The molecule has 1 atom stereocenters. The predicted molar refractivity (Wildman–Crippen MR) is 45.2 cm³/mol. The van der Waals surface area contributed by atoms with Crippen LogP contribution < -0.4 is 5.32 Å². The second-order valence-electron chi connectivity index (χ2n) is 3.41. The third-order valence-corrected chi connectivity index (χ3v) is 2.74. The van der Waals surface area contributed by atoms with Crippen molar-refractivity contribution in [3.63, 3.8) is 0 Å². The van der Waals surface area contributed by atoms with Gasteiger partial charge in [0.25, 0.3) is 0 Å². The van der Waals surface area contributed by atoms with Crippen LogP contribution in [0, 0.1) is 0 Å². The van der Waals surface area contributed by atoms with Crippen LogP contribution in [0.2, 0.25) is 0 Å². The van der Waals surface area contributed by atoms with E-state index in [1.54, 1.807) is 0 Å². The summed E-state index contributed by atoms with van der Waals surface area (Å²) < 4.78 is 0. The van der Waals surface area contributed by atoms with Crippen molar-refractivity contribution in [3.8, 4) is 0 Å². The molecule has 0 bridgehead atoms. The number of nitrogens with one attached hydrogen (secondary N) is 1. The maximum absolute atomic E-state index is 3.62. The Morgan fingerprint density at radius 3 is 2.60 bits per heavy atom. The molecule has 1 nitrogen and oxygen atoms in total. The summed E-state index contributed by atoms with van der Waals surface area (Å²) in [4.78, 5) is 0. The van der Waals surface area contributed by atoms with Gasteiger partial charge in [-0.05, 0) is 32.2 Å². The van der Waals surface area contributed by atoms with Crippen molar-refractivity contribution in [2.45, 2.75) is 51.5 Å². The molecule has 0 unspecified atom stereocenters. The highest BCUT2D eigenvalue weighted by Gasteiger charge is 2.29. The van der Waals surface area contributed by atoms with Gasteiger partial charge in [0.2, 0.25) is 0 Å². The SMILES string of the molecule is CCC[C@]1(CC)CCCN1. The van der Waals surface area contributed by atoms with Crippen molar-refractivity contribution in [1.29, 1.82) is 0 Å². The van der Waals surface area contributed by atoms with E-state index in [0.717, 1.165) is 0 Å². The van der Waals surface area contributed by atoms with Gasteiger partial charge < -0.3 is 5.32 Å². The minimum atomic E-state index is 0.536. The van der Waals surface area contributed by atoms with Crippen LogP contribution in [0.4, 0.5) is 0 Å². The first-order chi connectivity index (χ1) is 4.83. The molecule has 0 aromatic carbocycles. The van der Waals surface area contributed by atoms with Crippen LogP contribution in [0.1, 0.15) is 46.0 Å². The summed E-state index contributed by atoms with van der Waals surface area (Å²) in [7, 11) is 0. The van der Waals surface area contributed by atoms with Crippen molar-refractivity contribution in [2.75, 3.05) is 6.54 Å². The van der Waals surface area contributed by atoms with Gasteiger partial charge in [-0.15, -0.1) is 0 Å². The molecule has 0 spiro atoms. The van der Waals surface area contributed by atoms with Crippen LogP contribution in [0.3, 0.4) is 0 Å². The Morgan fingerprint density at radius 2 is 2.20 bits per heavy atom. The highest BCUT2D eigenvalue weighted by Crippen LogP contribution is 2.27. The lowest BCUT2D eigenvalue weighted by atomic mass is 9.89. The smallest absolute Gasteiger partial charge is 0.0179 e. The number of hydrogen-bond acceptors (Lipinski definition) is 1. The Bertz CT molecular complexity index is 92.9. The van der Waals surface area contributed by atoms with Gasteiger partial charge in [-0.25, -0.2) is 0 Å². The van der Waals surface area contributed by atoms with Crippen molar-refractivity contribution in [2.24, 2.45) is 0 Å². The van der Waals surface area contributed by atoms with Gasteiger partial charge in [0.1, 0.15) is 0 Å². The molecule has 60 valence electrons. The average molecular weight is 141 g/mol. The van der Waals surface area contributed by atoms with E-state index in [0.29, 0.717) is 5.54 Å². The summed E-state index contributed by atoms with van der Waals surface area (Å²) in [6.07, 6.45) is 6.77. The van der Waals surface area contributed by atoms with Crippen molar-refractivity contribution < 1.29 is 0 Å². The lowest BCUT2D eigenvalue weighted by Gasteiger charge is -2.27. The minimum Gasteiger partial charge on any atom is -0.311 e. The van der Waals surface area contributed by atoms with Gasteiger partial charge in [0.15, 0.2) is 0 Å². The quantitative estimate of drug-likeness (QED) is 0.636. The third kappa shape index (κ3) is 1.51. The highest BCUT2D eigenvalue weighted by molar-refractivity contribution is 4.90. The maximum Gasteiger partial charge on any atom is 0.0179 e. The second kappa shape index (κ2) is 3.38. The molecule has 1 saturated heterocycles. The van der Waals surface area contributed by atoms with E-state index in [1.807, 2.05) is 0 Å². The number of rotatable bonds is 3.